The van der Waals surface area contributed by atoms with Crippen molar-refractivity contribution >= 4 is 33.7 Å². The smallest absolute Gasteiger partial charge is 0.281 e. The summed E-state index contributed by atoms with van der Waals surface area (Å²) in [6, 6.07) is 7.97. The normalized spacial score (nSPS) is 11.2. The minimum atomic E-state index is 0.109. The number of para-hydroxylation sites is 1. The molecule has 0 radical (unpaired) electrons. The predicted octanol–water partition coefficient (Wildman–Crippen LogP) is 0.786. The molecule has 0 aliphatic rings. The number of aliphatic imine (C=N–C) groups is 1. The van der Waals surface area contributed by atoms with Gasteiger partial charge in [0.05, 0.1) is 17.4 Å². The average Bonchev–Trinajstić information content (AvgIpc) is 2.96. The van der Waals surface area contributed by atoms with Gasteiger partial charge in [0.25, 0.3) is 5.82 Å². The van der Waals surface area contributed by atoms with E-state index in [9.17, 15) is 0 Å². The van der Waals surface area contributed by atoms with Crippen LogP contribution >= 0.6 is 0 Å². The predicted molar refractivity (Wildman–Crippen MR) is 98.8 cm³/mol. The van der Waals surface area contributed by atoms with Crippen molar-refractivity contribution in [1.82, 2.24) is 9.97 Å². The Morgan fingerprint density at radius 3 is 2.88 bits per heavy atom. The number of rotatable bonds is 7. The molecule has 2 heterocycles. The summed E-state index contributed by atoms with van der Waals surface area (Å²) < 4.78 is 7.79. The second-order valence-corrected chi connectivity index (χ2v) is 5.76. The molecular formula is C17H24N7O+. The van der Waals surface area contributed by atoms with E-state index in [4.69, 9.17) is 21.9 Å². The number of nitrogen functional groups attached to an aromatic ring is 1. The van der Waals surface area contributed by atoms with Gasteiger partial charge >= 0.3 is 0 Å². The molecule has 0 atom stereocenters. The number of imidazole rings is 1. The number of nitrogens with one attached hydrogen (secondary N) is 1. The maximum atomic E-state index is 6.18. The minimum Gasteiger partial charge on any atom is -0.380 e. The lowest BCUT2D eigenvalue weighted by Gasteiger charge is -2.04. The number of hydrogen-bond acceptors (Lipinski definition) is 4. The lowest BCUT2D eigenvalue weighted by atomic mass is 10.2. The number of ether oxygens (including phenoxy) is 1. The number of pyridine rings is 1. The number of hydrogen-bond donors (Lipinski definition) is 4. The molecular weight excluding hydrogens is 318 g/mol. The van der Waals surface area contributed by atoms with Gasteiger partial charge in [-0.2, -0.15) is 0 Å². The van der Waals surface area contributed by atoms with Crippen LogP contribution in [0, 0.1) is 0 Å². The highest BCUT2D eigenvalue weighted by molar-refractivity contribution is 6.04. The van der Waals surface area contributed by atoms with Crippen LogP contribution in [0.3, 0.4) is 0 Å². The molecule has 7 N–H and O–H groups in total. The fourth-order valence-electron chi connectivity index (χ4n) is 2.96. The van der Waals surface area contributed by atoms with Gasteiger partial charge in [-0.05, 0) is 19.1 Å². The Labute approximate surface area is 145 Å². The van der Waals surface area contributed by atoms with Crippen molar-refractivity contribution < 1.29 is 9.30 Å². The molecule has 0 saturated heterocycles. The van der Waals surface area contributed by atoms with Crippen LogP contribution in [0.1, 0.15) is 19.2 Å². The minimum absolute atomic E-state index is 0.109. The molecule has 0 amide bonds. The van der Waals surface area contributed by atoms with Gasteiger partial charge in [-0.15, -0.1) is 0 Å². The van der Waals surface area contributed by atoms with Crippen LogP contribution in [0.5, 0.6) is 0 Å². The standard InChI is InChI=1S/C17H23N7O/c1-2-25-10-13-23-14-15(24(13)9-5-8-21-17(19)20)11-6-3-4-7-12(11)22-16(14)18/h3-4,6-7H,2,5,8-10H2,1H3,(H6,18,19,20,21,22)/p+1. The molecule has 2 aromatic heterocycles. The Morgan fingerprint density at radius 1 is 1.32 bits per heavy atom. The zero-order chi connectivity index (χ0) is 17.8. The Hall–Kier alpha value is -2.87. The number of anilines is 1. The van der Waals surface area contributed by atoms with Gasteiger partial charge in [-0.25, -0.2) is 14.5 Å². The first-order valence-electron chi connectivity index (χ1n) is 8.33. The van der Waals surface area contributed by atoms with E-state index in [0.29, 0.717) is 25.6 Å². The van der Waals surface area contributed by atoms with Crippen molar-refractivity contribution in [1.29, 1.82) is 0 Å². The van der Waals surface area contributed by atoms with Crippen molar-refractivity contribution in [2.45, 2.75) is 26.5 Å². The van der Waals surface area contributed by atoms with Crippen LogP contribution in [-0.4, -0.2) is 29.1 Å². The number of aryl methyl sites for hydroxylation is 1. The van der Waals surface area contributed by atoms with E-state index in [1.165, 1.54) is 0 Å². The molecule has 132 valence electrons. The number of aromatic amines is 1. The SMILES string of the molecule is CCOCc1[nH]c2c(N)nc3ccccc3c2[n+]1CCCN=C(N)N. The van der Waals surface area contributed by atoms with E-state index in [2.05, 4.69) is 25.6 Å². The average molecular weight is 342 g/mol. The summed E-state index contributed by atoms with van der Waals surface area (Å²) in [5.41, 5.74) is 19.7. The van der Waals surface area contributed by atoms with Gasteiger partial charge < -0.3 is 21.9 Å². The number of nitrogens with two attached hydrogens (primary N) is 3. The summed E-state index contributed by atoms with van der Waals surface area (Å²) >= 11 is 0. The maximum absolute atomic E-state index is 6.18. The highest BCUT2D eigenvalue weighted by Gasteiger charge is 2.23. The molecule has 1 aromatic carbocycles. The highest BCUT2D eigenvalue weighted by atomic mass is 16.5. The third kappa shape index (κ3) is 3.48. The van der Waals surface area contributed by atoms with Crippen LogP contribution in [-0.2, 0) is 17.9 Å². The van der Waals surface area contributed by atoms with Crippen LogP contribution in [0.15, 0.2) is 29.3 Å². The molecule has 8 heteroatoms. The number of fused-ring (bicyclic) bond motifs is 3. The molecule has 3 aromatic rings. The molecule has 3 rings (SSSR count). The summed E-state index contributed by atoms with van der Waals surface area (Å²) in [4.78, 5) is 11.9. The Morgan fingerprint density at radius 2 is 2.12 bits per heavy atom. The maximum Gasteiger partial charge on any atom is 0.281 e. The summed E-state index contributed by atoms with van der Waals surface area (Å²) in [6.45, 7) is 4.39. The fraction of sp³-hybridized carbons (Fsp3) is 0.353. The van der Waals surface area contributed by atoms with Crippen molar-refractivity contribution in [3.8, 4) is 0 Å². The quantitative estimate of drug-likeness (QED) is 0.218. The van der Waals surface area contributed by atoms with Crippen LogP contribution < -0.4 is 21.8 Å². The third-order valence-electron chi connectivity index (χ3n) is 4.04. The fourth-order valence-corrected chi connectivity index (χ4v) is 2.96. The monoisotopic (exact) mass is 342 g/mol. The molecule has 8 nitrogen and oxygen atoms in total. The van der Waals surface area contributed by atoms with Gasteiger partial charge in [0.1, 0.15) is 6.61 Å². The summed E-state index contributed by atoms with van der Waals surface area (Å²) in [5.74, 6) is 1.54. The summed E-state index contributed by atoms with van der Waals surface area (Å²) in [6.07, 6.45) is 0.797. The van der Waals surface area contributed by atoms with Gasteiger partial charge in [0.2, 0.25) is 5.52 Å². The van der Waals surface area contributed by atoms with E-state index in [-0.39, 0.29) is 5.96 Å². The molecule has 0 bridgehead atoms. The third-order valence-corrected chi connectivity index (χ3v) is 4.04. The number of H-pyrrole nitrogens is 1. The molecule has 0 fully saturated rings. The second-order valence-electron chi connectivity index (χ2n) is 5.76. The molecule has 0 aliphatic heterocycles. The van der Waals surface area contributed by atoms with Crippen molar-refractivity contribution in [2.24, 2.45) is 16.5 Å². The Bertz CT molecular complexity index is 912. The van der Waals surface area contributed by atoms with E-state index in [1.807, 2.05) is 25.1 Å². The van der Waals surface area contributed by atoms with Crippen LogP contribution in [0.25, 0.3) is 21.9 Å². The molecule has 25 heavy (non-hydrogen) atoms. The lowest BCUT2D eigenvalue weighted by molar-refractivity contribution is -0.680. The Kier molecular flexibility index (Phi) is 4.99. The van der Waals surface area contributed by atoms with Crippen LogP contribution in [0.4, 0.5) is 5.82 Å². The highest BCUT2D eigenvalue weighted by Crippen LogP contribution is 2.25. The van der Waals surface area contributed by atoms with E-state index < -0.39 is 0 Å². The van der Waals surface area contributed by atoms with Gasteiger partial charge in [0.15, 0.2) is 17.3 Å². The number of nitrogens with zero attached hydrogens (tertiary/aromatic N) is 3. The lowest BCUT2D eigenvalue weighted by Crippen LogP contribution is -2.38. The van der Waals surface area contributed by atoms with E-state index in [0.717, 1.165) is 40.7 Å². The van der Waals surface area contributed by atoms with Crippen molar-refractivity contribution in [3.05, 3.63) is 30.1 Å². The summed E-state index contributed by atoms with van der Waals surface area (Å²) in [5, 5.41) is 1.05. The van der Waals surface area contributed by atoms with E-state index in [1.54, 1.807) is 0 Å². The zero-order valence-corrected chi connectivity index (χ0v) is 14.3. The summed E-state index contributed by atoms with van der Waals surface area (Å²) in [7, 11) is 0. The Balaban J connectivity index is 2.10. The topological polar surface area (TPSA) is 132 Å². The van der Waals surface area contributed by atoms with Crippen LogP contribution in [0.2, 0.25) is 0 Å². The molecule has 0 unspecified atom stereocenters. The van der Waals surface area contributed by atoms with E-state index >= 15 is 0 Å². The van der Waals surface area contributed by atoms with Gasteiger partial charge in [-0.1, -0.05) is 12.1 Å². The first kappa shape index (κ1) is 17.0. The van der Waals surface area contributed by atoms with Gasteiger partial charge in [0, 0.05) is 19.6 Å². The van der Waals surface area contributed by atoms with Crippen molar-refractivity contribution in [2.75, 3.05) is 18.9 Å². The molecule has 0 spiro atoms. The zero-order valence-electron chi connectivity index (χ0n) is 14.3. The number of guanidine groups is 1. The number of benzene rings is 1. The number of aromatic nitrogens is 3. The van der Waals surface area contributed by atoms with Crippen molar-refractivity contribution in [3.63, 3.8) is 0 Å². The molecule has 0 aliphatic carbocycles. The molecule has 0 saturated carbocycles. The first-order chi connectivity index (χ1) is 12.1. The van der Waals surface area contributed by atoms with Gasteiger partial charge in [-0.3, -0.25) is 4.99 Å². The first-order valence-corrected chi connectivity index (χ1v) is 8.33. The largest absolute Gasteiger partial charge is 0.380 e. The second kappa shape index (κ2) is 7.35.